The Balaban J connectivity index is 2.45. The summed E-state index contributed by atoms with van der Waals surface area (Å²) in [5.41, 5.74) is 1.14. The smallest absolute Gasteiger partial charge is 0.0472 e. The van der Waals surface area contributed by atoms with Crippen molar-refractivity contribution < 1.29 is 5.11 Å². The molecule has 0 unspecified atom stereocenters. The van der Waals surface area contributed by atoms with Crippen molar-refractivity contribution in [3.63, 3.8) is 0 Å². The average molecular weight is 208 g/mol. The van der Waals surface area contributed by atoms with Crippen molar-refractivity contribution in [2.24, 2.45) is 0 Å². The van der Waals surface area contributed by atoms with E-state index < -0.39 is 0 Å². The van der Waals surface area contributed by atoms with Crippen molar-refractivity contribution in [2.75, 3.05) is 19.7 Å². The third-order valence-electron chi connectivity index (χ3n) is 2.44. The Kier molecular flexibility index (Phi) is 4.72. The lowest BCUT2D eigenvalue weighted by Gasteiger charge is -2.24. The Hall–Kier alpha value is -0.930. The highest BCUT2D eigenvalue weighted by Crippen LogP contribution is 2.19. The molecule has 3 heteroatoms. The average Bonchev–Trinajstić information content (AvgIpc) is 2.26. The van der Waals surface area contributed by atoms with E-state index in [0.29, 0.717) is 0 Å². The fourth-order valence-electron chi connectivity index (χ4n) is 1.46. The first-order valence-corrected chi connectivity index (χ1v) is 5.40. The monoisotopic (exact) mass is 208 g/mol. The lowest BCUT2D eigenvalue weighted by molar-refractivity contribution is 0.284. The molecule has 0 atom stereocenters. The van der Waals surface area contributed by atoms with E-state index in [1.165, 1.54) is 0 Å². The highest BCUT2D eigenvalue weighted by Gasteiger charge is 2.20. The summed E-state index contributed by atoms with van der Waals surface area (Å²) in [7, 11) is 0. The van der Waals surface area contributed by atoms with Crippen molar-refractivity contribution >= 4 is 0 Å². The van der Waals surface area contributed by atoms with Crippen molar-refractivity contribution in [2.45, 2.75) is 25.7 Å². The van der Waals surface area contributed by atoms with Gasteiger partial charge in [-0.2, -0.15) is 0 Å². The number of aromatic nitrogens is 1. The van der Waals surface area contributed by atoms with Crippen LogP contribution in [0.5, 0.6) is 0 Å². The third kappa shape index (κ3) is 3.98. The zero-order valence-electron chi connectivity index (χ0n) is 9.53. The van der Waals surface area contributed by atoms with Gasteiger partial charge < -0.3 is 10.4 Å². The number of rotatable bonds is 6. The van der Waals surface area contributed by atoms with Gasteiger partial charge in [0.15, 0.2) is 0 Å². The Labute approximate surface area is 91.5 Å². The van der Waals surface area contributed by atoms with E-state index in [4.69, 9.17) is 5.11 Å². The Morgan fingerprint density at radius 3 is 2.80 bits per heavy atom. The standard InChI is InChI=1S/C12H20N2O/c1-12(2,10-13-7-5-9-15)11-6-3-4-8-14-11/h3-4,6,8,13,15H,5,7,9-10H2,1-2H3. The molecule has 1 rings (SSSR count). The molecule has 0 aliphatic rings. The molecule has 15 heavy (non-hydrogen) atoms. The maximum absolute atomic E-state index is 8.66. The molecule has 1 aromatic heterocycles. The molecule has 2 N–H and O–H groups in total. The summed E-state index contributed by atoms with van der Waals surface area (Å²) in [6.45, 7) is 6.32. The summed E-state index contributed by atoms with van der Waals surface area (Å²) in [5.74, 6) is 0. The molecule has 0 bridgehead atoms. The first kappa shape index (κ1) is 12.1. The summed E-state index contributed by atoms with van der Waals surface area (Å²) in [6.07, 6.45) is 2.63. The number of nitrogens with one attached hydrogen (secondary N) is 1. The summed E-state index contributed by atoms with van der Waals surface area (Å²) >= 11 is 0. The number of aliphatic hydroxyl groups is 1. The van der Waals surface area contributed by atoms with Crippen molar-refractivity contribution in [3.05, 3.63) is 30.1 Å². The SMILES string of the molecule is CC(C)(CNCCCO)c1ccccn1. The maximum atomic E-state index is 8.66. The molecular weight excluding hydrogens is 188 g/mol. The Morgan fingerprint density at radius 2 is 2.20 bits per heavy atom. The van der Waals surface area contributed by atoms with Crippen LogP contribution in [0.4, 0.5) is 0 Å². The van der Waals surface area contributed by atoms with Gasteiger partial charge in [0.05, 0.1) is 0 Å². The van der Waals surface area contributed by atoms with E-state index in [1.54, 1.807) is 0 Å². The molecule has 1 heterocycles. The lowest BCUT2D eigenvalue weighted by atomic mass is 9.89. The fourth-order valence-corrected chi connectivity index (χ4v) is 1.46. The van der Waals surface area contributed by atoms with E-state index in [-0.39, 0.29) is 12.0 Å². The molecule has 0 saturated heterocycles. The van der Waals surface area contributed by atoms with Crippen LogP contribution in [0, 0.1) is 0 Å². The van der Waals surface area contributed by atoms with Gasteiger partial charge in [0.1, 0.15) is 0 Å². The number of hydrogen-bond donors (Lipinski definition) is 2. The highest BCUT2D eigenvalue weighted by molar-refractivity contribution is 5.14. The van der Waals surface area contributed by atoms with Crippen LogP contribution in [0.25, 0.3) is 0 Å². The van der Waals surface area contributed by atoms with Gasteiger partial charge in [0, 0.05) is 30.5 Å². The molecule has 84 valence electrons. The van der Waals surface area contributed by atoms with Crippen LogP contribution in [0.2, 0.25) is 0 Å². The van der Waals surface area contributed by atoms with Gasteiger partial charge in [0.25, 0.3) is 0 Å². The Morgan fingerprint density at radius 1 is 1.40 bits per heavy atom. The zero-order valence-corrected chi connectivity index (χ0v) is 9.53. The fraction of sp³-hybridized carbons (Fsp3) is 0.583. The first-order chi connectivity index (χ1) is 7.17. The molecule has 0 amide bonds. The van der Waals surface area contributed by atoms with Crippen molar-refractivity contribution in [3.8, 4) is 0 Å². The minimum Gasteiger partial charge on any atom is -0.396 e. The van der Waals surface area contributed by atoms with E-state index in [1.807, 2.05) is 24.4 Å². The second kappa shape index (κ2) is 5.83. The predicted octanol–water partition coefficient (Wildman–Crippen LogP) is 1.33. The van der Waals surface area contributed by atoms with Crippen LogP contribution >= 0.6 is 0 Å². The summed E-state index contributed by atoms with van der Waals surface area (Å²) < 4.78 is 0. The van der Waals surface area contributed by atoms with Gasteiger partial charge in [-0.05, 0) is 25.1 Å². The number of hydrogen-bond acceptors (Lipinski definition) is 3. The van der Waals surface area contributed by atoms with Gasteiger partial charge in [-0.25, -0.2) is 0 Å². The summed E-state index contributed by atoms with van der Waals surface area (Å²) in [5, 5.41) is 12.0. The second-order valence-electron chi connectivity index (χ2n) is 4.35. The predicted molar refractivity (Wildman–Crippen MR) is 61.8 cm³/mol. The molecule has 3 nitrogen and oxygen atoms in total. The number of pyridine rings is 1. The van der Waals surface area contributed by atoms with E-state index in [9.17, 15) is 0 Å². The summed E-state index contributed by atoms with van der Waals surface area (Å²) in [6, 6.07) is 5.99. The molecule has 0 radical (unpaired) electrons. The topological polar surface area (TPSA) is 45.1 Å². The Bertz CT molecular complexity index is 272. The largest absolute Gasteiger partial charge is 0.396 e. The molecule has 0 aliphatic heterocycles. The zero-order chi connectivity index (χ0) is 11.1. The minimum absolute atomic E-state index is 0.0384. The van der Waals surface area contributed by atoms with Crippen LogP contribution in [-0.4, -0.2) is 29.8 Å². The van der Waals surface area contributed by atoms with E-state index in [2.05, 4.69) is 24.1 Å². The van der Waals surface area contributed by atoms with Gasteiger partial charge in [-0.3, -0.25) is 4.98 Å². The van der Waals surface area contributed by atoms with Crippen molar-refractivity contribution in [1.29, 1.82) is 0 Å². The number of nitrogens with zero attached hydrogens (tertiary/aromatic N) is 1. The second-order valence-corrected chi connectivity index (χ2v) is 4.35. The van der Waals surface area contributed by atoms with Crippen LogP contribution < -0.4 is 5.32 Å². The first-order valence-electron chi connectivity index (χ1n) is 5.40. The molecule has 0 aliphatic carbocycles. The van der Waals surface area contributed by atoms with Gasteiger partial charge >= 0.3 is 0 Å². The molecule has 0 aromatic carbocycles. The summed E-state index contributed by atoms with van der Waals surface area (Å²) in [4.78, 5) is 4.36. The van der Waals surface area contributed by atoms with Gasteiger partial charge in [-0.15, -0.1) is 0 Å². The molecule has 1 aromatic rings. The highest BCUT2D eigenvalue weighted by atomic mass is 16.3. The number of aliphatic hydroxyl groups excluding tert-OH is 1. The molecule has 0 saturated carbocycles. The van der Waals surface area contributed by atoms with E-state index >= 15 is 0 Å². The maximum Gasteiger partial charge on any atom is 0.0472 e. The van der Waals surface area contributed by atoms with Crippen LogP contribution in [0.1, 0.15) is 26.0 Å². The van der Waals surface area contributed by atoms with E-state index in [0.717, 1.165) is 25.2 Å². The minimum atomic E-state index is 0.0384. The van der Waals surface area contributed by atoms with Gasteiger partial charge in [-0.1, -0.05) is 19.9 Å². The van der Waals surface area contributed by atoms with Crippen LogP contribution in [0.15, 0.2) is 24.4 Å². The molecular formula is C12H20N2O. The molecule has 0 spiro atoms. The van der Waals surface area contributed by atoms with Crippen molar-refractivity contribution in [1.82, 2.24) is 10.3 Å². The molecule has 0 fully saturated rings. The van der Waals surface area contributed by atoms with Crippen LogP contribution in [0.3, 0.4) is 0 Å². The van der Waals surface area contributed by atoms with Gasteiger partial charge in [0.2, 0.25) is 0 Å². The van der Waals surface area contributed by atoms with Crippen LogP contribution in [-0.2, 0) is 5.41 Å². The normalized spacial score (nSPS) is 11.7. The lowest BCUT2D eigenvalue weighted by Crippen LogP contribution is -2.34. The third-order valence-corrected chi connectivity index (χ3v) is 2.44. The quantitative estimate of drug-likeness (QED) is 0.693.